The van der Waals surface area contributed by atoms with Gasteiger partial charge in [-0.2, -0.15) is 4.31 Å². The number of nitrogens with one attached hydrogen (secondary N) is 1. The van der Waals surface area contributed by atoms with Crippen LogP contribution >= 0.6 is 0 Å². The molecule has 1 aliphatic rings. The number of ether oxygens (including phenoxy) is 1. The fourth-order valence-electron chi connectivity index (χ4n) is 3.65. The van der Waals surface area contributed by atoms with Gasteiger partial charge in [-0.25, -0.2) is 8.42 Å². The highest BCUT2D eigenvalue weighted by Crippen LogP contribution is 2.24. The minimum Gasteiger partial charge on any atom is -0.497 e. The van der Waals surface area contributed by atoms with E-state index in [1.165, 1.54) is 23.4 Å². The number of methoxy groups -OCH3 is 1. The van der Waals surface area contributed by atoms with Crippen molar-refractivity contribution in [3.05, 3.63) is 59.7 Å². The number of benzene rings is 2. The minimum absolute atomic E-state index is 0.0378. The molecule has 0 bridgehead atoms. The van der Waals surface area contributed by atoms with E-state index in [9.17, 15) is 18.0 Å². The van der Waals surface area contributed by atoms with Crippen molar-refractivity contribution in [3.63, 3.8) is 0 Å². The lowest BCUT2D eigenvalue weighted by atomic mass is 9.97. The molecule has 8 heteroatoms. The lowest BCUT2D eigenvalue weighted by Crippen LogP contribution is -2.43. The van der Waals surface area contributed by atoms with Crippen LogP contribution in [0.5, 0.6) is 5.75 Å². The summed E-state index contributed by atoms with van der Waals surface area (Å²) in [6, 6.07) is 13.8. The molecule has 0 radical (unpaired) electrons. The van der Waals surface area contributed by atoms with Crippen molar-refractivity contribution in [1.29, 1.82) is 0 Å². The number of Topliss-reactive ketones (excluding diaryl/α,β-unsaturated/α-hetero) is 1. The van der Waals surface area contributed by atoms with Gasteiger partial charge in [0, 0.05) is 31.1 Å². The predicted molar refractivity (Wildman–Crippen MR) is 118 cm³/mol. The molecule has 0 saturated carbocycles. The van der Waals surface area contributed by atoms with E-state index in [1.807, 2.05) is 24.3 Å². The molecule has 0 aliphatic carbocycles. The molecule has 31 heavy (non-hydrogen) atoms. The summed E-state index contributed by atoms with van der Waals surface area (Å²) in [6.07, 6.45) is 1.66. The summed E-state index contributed by atoms with van der Waals surface area (Å²) in [5, 5.41) is 2.96. The third-order valence-corrected chi connectivity index (χ3v) is 7.47. The molecule has 0 unspecified atom stereocenters. The number of amides is 1. The van der Waals surface area contributed by atoms with E-state index in [0.717, 1.165) is 17.7 Å². The highest BCUT2D eigenvalue weighted by atomic mass is 32.2. The summed E-state index contributed by atoms with van der Waals surface area (Å²) < 4.78 is 32.4. The number of carbonyl (C=O) groups excluding carboxylic acids is 2. The molecule has 7 nitrogen and oxygen atoms in total. The third kappa shape index (κ3) is 5.71. The number of nitrogens with zero attached hydrogens (tertiary/aromatic N) is 1. The van der Waals surface area contributed by atoms with E-state index < -0.39 is 10.0 Å². The lowest BCUT2D eigenvalue weighted by Gasteiger charge is -2.30. The number of ketones is 1. The van der Waals surface area contributed by atoms with Crippen LogP contribution in [0.4, 0.5) is 0 Å². The van der Waals surface area contributed by atoms with E-state index in [-0.39, 0.29) is 35.6 Å². The molecule has 0 spiro atoms. The monoisotopic (exact) mass is 444 g/mol. The van der Waals surface area contributed by atoms with Crippen LogP contribution in [0.2, 0.25) is 0 Å². The predicted octanol–water partition coefficient (Wildman–Crippen LogP) is 2.66. The minimum atomic E-state index is -3.69. The number of rotatable bonds is 8. The zero-order valence-electron chi connectivity index (χ0n) is 17.8. The largest absolute Gasteiger partial charge is 0.497 e. The van der Waals surface area contributed by atoms with Gasteiger partial charge in [-0.3, -0.25) is 9.59 Å². The second-order valence-electron chi connectivity index (χ2n) is 7.65. The Labute approximate surface area is 183 Å². The second-order valence-corrected chi connectivity index (χ2v) is 9.59. The van der Waals surface area contributed by atoms with E-state index >= 15 is 0 Å². The van der Waals surface area contributed by atoms with Gasteiger partial charge in [-0.1, -0.05) is 24.3 Å². The van der Waals surface area contributed by atoms with E-state index in [1.54, 1.807) is 19.2 Å². The Hall–Kier alpha value is -2.71. The van der Waals surface area contributed by atoms with Crippen LogP contribution in [0.25, 0.3) is 0 Å². The molecule has 1 N–H and O–H groups in total. The third-order valence-electron chi connectivity index (χ3n) is 5.58. The van der Waals surface area contributed by atoms with Crippen molar-refractivity contribution in [2.75, 3.05) is 26.7 Å². The number of hydrogen-bond acceptors (Lipinski definition) is 5. The summed E-state index contributed by atoms with van der Waals surface area (Å²) in [6.45, 7) is 2.50. The quantitative estimate of drug-likeness (QED) is 0.632. The summed E-state index contributed by atoms with van der Waals surface area (Å²) in [5.74, 6) is 0.375. The zero-order chi connectivity index (χ0) is 22.4. The highest BCUT2D eigenvalue weighted by molar-refractivity contribution is 7.89. The first-order chi connectivity index (χ1) is 14.8. The Morgan fingerprint density at radius 2 is 1.77 bits per heavy atom. The topological polar surface area (TPSA) is 92.8 Å². The van der Waals surface area contributed by atoms with E-state index in [0.29, 0.717) is 24.9 Å². The molecular formula is C23H28N2O5S. The van der Waals surface area contributed by atoms with Crippen molar-refractivity contribution in [1.82, 2.24) is 9.62 Å². The maximum Gasteiger partial charge on any atom is 0.243 e. The smallest absolute Gasteiger partial charge is 0.243 e. The Morgan fingerprint density at radius 3 is 2.39 bits per heavy atom. The van der Waals surface area contributed by atoms with Gasteiger partial charge in [0.25, 0.3) is 0 Å². The molecule has 2 aromatic rings. The lowest BCUT2D eigenvalue weighted by molar-refractivity contribution is -0.126. The van der Waals surface area contributed by atoms with Crippen LogP contribution in [-0.4, -0.2) is 51.2 Å². The number of piperidine rings is 1. The highest BCUT2D eigenvalue weighted by Gasteiger charge is 2.32. The first kappa shape index (κ1) is 23.0. The van der Waals surface area contributed by atoms with Crippen LogP contribution < -0.4 is 10.1 Å². The van der Waals surface area contributed by atoms with Crippen molar-refractivity contribution in [2.24, 2.45) is 5.92 Å². The molecule has 1 heterocycles. The SMILES string of the molecule is COc1ccc(CCNC(=O)C2CCN(S(=O)(=O)c3cccc(C(C)=O)c3)CC2)cc1. The molecule has 2 aromatic carbocycles. The molecule has 1 fully saturated rings. The van der Waals surface area contributed by atoms with Crippen LogP contribution in [0.15, 0.2) is 53.4 Å². The van der Waals surface area contributed by atoms with Crippen molar-refractivity contribution in [3.8, 4) is 5.75 Å². The van der Waals surface area contributed by atoms with Gasteiger partial charge in [0.05, 0.1) is 12.0 Å². The van der Waals surface area contributed by atoms with Crippen molar-refractivity contribution < 1.29 is 22.7 Å². The van der Waals surface area contributed by atoms with Gasteiger partial charge >= 0.3 is 0 Å². The Balaban J connectivity index is 1.50. The number of hydrogen-bond donors (Lipinski definition) is 1. The second kappa shape index (κ2) is 10.1. The fraction of sp³-hybridized carbons (Fsp3) is 0.391. The molecule has 1 saturated heterocycles. The number of carbonyl (C=O) groups is 2. The summed E-state index contributed by atoms with van der Waals surface area (Å²) in [5.41, 5.74) is 1.47. The van der Waals surface area contributed by atoms with Gasteiger partial charge in [-0.15, -0.1) is 0 Å². The van der Waals surface area contributed by atoms with E-state index in [2.05, 4.69) is 5.32 Å². The Kier molecular flexibility index (Phi) is 7.46. The van der Waals surface area contributed by atoms with Crippen molar-refractivity contribution in [2.45, 2.75) is 31.1 Å². The normalized spacial score (nSPS) is 15.4. The summed E-state index contributed by atoms with van der Waals surface area (Å²) in [4.78, 5) is 24.2. The average Bonchev–Trinajstić information content (AvgIpc) is 2.79. The average molecular weight is 445 g/mol. The zero-order valence-corrected chi connectivity index (χ0v) is 18.7. The maximum absolute atomic E-state index is 12.9. The molecule has 1 aliphatic heterocycles. The first-order valence-corrected chi connectivity index (χ1v) is 11.8. The van der Waals surface area contributed by atoms with Gasteiger partial charge < -0.3 is 10.1 Å². The molecule has 166 valence electrons. The van der Waals surface area contributed by atoms with Crippen LogP contribution in [0.3, 0.4) is 0 Å². The Morgan fingerprint density at radius 1 is 1.10 bits per heavy atom. The number of sulfonamides is 1. The van der Waals surface area contributed by atoms with Crippen LogP contribution in [-0.2, 0) is 21.2 Å². The van der Waals surface area contributed by atoms with Gasteiger partial charge in [0.1, 0.15) is 5.75 Å². The Bertz CT molecular complexity index is 1030. The van der Waals surface area contributed by atoms with Gasteiger partial charge in [-0.05, 0) is 56.0 Å². The fourth-order valence-corrected chi connectivity index (χ4v) is 5.17. The molecule has 3 rings (SSSR count). The van der Waals surface area contributed by atoms with Crippen LogP contribution in [0.1, 0.15) is 35.7 Å². The van der Waals surface area contributed by atoms with Gasteiger partial charge in [0.2, 0.25) is 15.9 Å². The molecular weight excluding hydrogens is 416 g/mol. The van der Waals surface area contributed by atoms with Crippen molar-refractivity contribution >= 4 is 21.7 Å². The van der Waals surface area contributed by atoms with Crippen LogP contribution in [0, 0.1) is 5.92 Å². The van der Waals surface area contributed by atoms with E-state index in [4.69, 9.17) is 4.74 Å². The summed E-state index contributed by atoms with van der Waals surface area (Å²) >= 11 is 0. The standard InChI is InChI=1S/C23H28N2O5S/c1-17(26)20-4-3-5-22(16-20)31(28,29)25-14-11-19(12-15-25)23(27)24-13-10-18-6-8-21(30-2)9-7-18/h3-9,16,19H,10-15H2,1-2H3,(H,24,27). The maximum atomic E-state index is 12.9. The summed E-state index contributed by atoms with van der Waals surface area (Å²) in [7, 11) is -2.07. The molecule has 1 amide bonds. The van der Waals surface area contributed by atoms with Gasteiger partial charge in [0.15, 0.2) is 5.78 Å². The first-order valence-electron chi connectivity index (χ1n) is 10.3. The molecule has 0 atom stereocenters. The molecule has 0 aromatic heterocycles.